The third-order valence-corrected chi connectivity index (χ3v) is 4.15. The van der Waals surface area contributed by atoms with Gasteiger partial charge < -0.3 is 0 Å². The fourth-order valence-corrected chi connectivity index (χ4v) is 3.11. The Bertz CT molecular complexity index is 441. The number of aromatic nitrogens is 1. The van der Waals surface area contributed by atoms with Crippen molar-refractivity contribution >= 4 is 17.2 Å². The van der Waals surface area contributed by atoms with Gasteiger partial charge in [-0.1, -0.05) is 23.7 Å². The lowest BCUT2D eigenvalue weighted by molar-refractivity contribution is 0.264. The van der Waals surface area contributed by atoms with Gasteiger partial charge in [-0.25, -0.2) is 4.98 Å². The minimum Gasteiger partial charge on any atom is -0.297 e. The van der Waals surface area contributed by atoms with Crippen molar-refractivity contribution in [1.82, 2.24) is 9.88 Å². The summed E-state index contributed by atoms with van der Waals surface area (Å²) in [5.41, 5.74) is 2.50. The van der Waals surface area contributed by atoms with Crippen LogP contribution < -0.4 is 0 Å². The summed E-state index contributed by atoms with van der Waals surface area (Å²) < 4.78 is 0. The van der Waals surface area contributed by atoms with Crippen LogP contribution in [0.2, 0.25) is 5.15 Å². The van der Waals surface area contributed by atoms with E-state index >= 15 is 0 Å². The van der Waals surface area contributed by atoms with E-state index in [2.05, 4.69) is 29.1 Å². The average molecular weight is 235 g/mol. The summed E-state index contributed by atoms with van der Waals surface area (Å²) in [7, 11) is 2.22. The van der Waals surface area contributed by atoms with Crippen molar-refractivity contribution in [2.24, 2.45) is 0 Å². The Labute approximate surface area is 101 Å². The van der Waals surface area contributed by atoms with E-state index in [1.54, 1.807) is 6.20 Å². The molecule has 16 heavy (non-hydrogen) atoms. The highest BCUT2D eigenvalue weighted by atomic mass is 35.5. The fraction of sp³-hybridized carbons (Fsp3) is 0.462. The van der Waals surface area contributed by atoms with Crippen molar-refractivity contribution < 1.29 is 0 Å². The topological polar surface area (TPSA) is 16.1 Å². The zero-order chi connectivity index (χ0) is 11.1. The van der Waals surface area contributed by atoms with Crippen molar-refractivity contribution in [1.29, 1.82) is 0 Å². The third-order valence-electron chi connectivity index (χ3n) is 3.85. The third kappa shape index (κ3) is 1.57. The number of hydrogen-bond acceptors (Lipinski definition) is 2. The Hall–Kier alpha value is -0.860. The second-order valence-corrected chi connectivity index (χ2v) is 5.06. The molecule has 84 valence electrons. The summed E-state index contributed by atoms with van der Waals surface area (Å²) in [6.45, 7) is 0. The first kappa shape index (κ1) is 10.3. The largest absolute Gasteiger partial charge is 0.297 e. The molecule has 0 aliphatic carbocycles. The molecule has 3 rings (SSSR count). The van der Waals surface area contributed by atoms with Crippen molar-refractivity contribution in [3.8, 4) is 0 Å². The molecule has 1 aromatic heterocycles. The maximum atomic E-state index is 6.14. The highest BCUT2D eigenvalue weighted by Gasteiger charge is 2.34. The van der Waals surface area contributed by atoms with Gasteiger partial charge in [-0.2, -0.15) is 0 Å². The summed E-state index contributed by atoms with van der Waals surface area (Å²) in [4.78, 5) is 6.63. The van der Waals surface area contributed by atoms with E-state index in [1.165, 1.54) is 18.4 Å². The molecule has 0 spiro atoms. The Morgan fingerprint density at radius 3 is 3.06 bits per heavy atom. The summed E-state index contributed by atoms with van der Waals surface area (Å²) in [6, 6.07) is 5.33. The molecule has 0 radical (unpaired) electrons. The summed E-state index contributed by atoms with van der Waals surface area (Å²) in [5.74, 6) is 0. The number of hydrogen-bond donors (Lipinski definition) is 0. The standard InChI is InChI=1S/C13H15ClN2/c1-16-10-4-5-11(16)8-9(7-10)12-3-2-6-15-13(12)14/h2-3,6-7,10-11H,4-5,8H2,1H3. The van der Waals surface area contributed by atoms with Crippen LogP contribution in [-0.4, -0.2) is 29.0 Å². The van der Waals surface area contributed by atoms with E-state index in [-0.39, 0.29) is 0 Å². The molecule has 0 aromatic carbocycles. The van der Waals surface area contributed by atoms with Gasteiger partial charge in [-0.3, -0.25) is 4.90 Å². The first-order valence-corrected chi connectivity index (χ1v) is 6.17. The highest BCUT2D eigenvalue weighted by Crippen LogP contribution is 2.38. The van der Waals surface area contributed by atoms with Crippen molar-refractivity contribution in [3.63, 3.8) is 0 Å². The summed E-state index contributed by atoms with van der Waals surface area (Å²) >= 11 is 6.14. The first-order chi connectivity index (χ1) is 7.75. The van der Waals surface area contributed by atoms with Crippen LogP contribution in [0.25, 0.3) is 5.57 Å². The first-order valence-electron chi connectivity index (χ1n) is 5.79. The van der Waals surface area contributed by atoms with E-state index < -0.39 is 0 Å². The van der Waals surface area contributed by atoms with Crippen LogP contribution in [0.3, 0.4) is 0 Å². The van der Waals surface area contributed by atoms with Gasteiger partial charge in [0.15, 0.2) is 0 Å². The van der Waals surface area contributed by atoms with Crippen LogP contribution >= 0.6 is 11.6 Å². The number of rotatable bonds is 1. The minimum absolute atomic E-state index is 0.602. The Morgan fingerprint density at radius 2 is 2.31 bits per heavy atom. The van der Waals surface area contributed by atoms with E-state index in [9.17, 15) is 0 Å². The molecular weight excluding hydrogens is 220 g/mol. The quantitative estimate of drug-likeness (QED) is 0.695. The van der Waals surface area contributed by atoms with Gasteiger partial charge in [0, 0.05) is 23.8 Å². The molecule has 2 aliphatic heterocycles. The lowest BCUT2D eigenvalue weighted by Gasteiger charge is -2.30. The zero-order valence-electron chi connectivity index (χ0n) is 9.36. The molecule has 0 amide bonds. The average Bonchev–Trinajstić information content (AvgIpc) is 2.53. The van der Waals surface area contributed by atoms with E-state index in [0.29, 0.717) is 17.2 Å². The monoisotopic (exact) mass is 234 g/mol. The molecule has 3 heteroatoms. The van der Waals surface area contributed by atoms with Gasteiger partial charge in [0.2, 0.25) is 0 Å². The molecule has 0 N–H and O–H groups in total. The number of pyridine rings is 1. The molecule has 1 saturated heterocycles. The van der Waals surface area contributed by atoms with Crippen LogP contribution in [0.15, 0.2) is 24.4 Å². The smallest absolute Gasteiger partial charge is 0.136 e. The lowest BCUT2D eigenvalue weighted by atomic mass is 9.96. The van der Waals surface area contributed by atoms with Crippen molar-refractivity contribution in [3.05, 3.63) is 35.1 Å². The molecule has 1 aromatic rings. The van der Waals surface area contributed by atoms with Gasteiger partial charge in [-0.05, 0) is 37.9 Å². The highest BCUT2D eigenvalue weighted by molar-refractivity contribution is 6.31. The maximum Gasteiger partial charge on any atom is 0.136 e. The van der Waals surface area contributed by atoms with Gasteiger partial charge in [-0.15, -0.1) is 0 Å². The van der Waals surface area contributed by atoms with Gasteiger partial charge in [0.25, 0.3) is 0 Å². The molecule has 2 nitrogen and oxygen atoms in total. The summed E-state index contributed by atoms with van der Waals surface area (Å²) in [6.07, 6.45) is 7.81. The van der Waals surface area contributed by atoms with Crippen LogP contribution in [0, 0.1) is 0 Å². The van der Waals surface area contributed by atoms with Crippen LogP contribution in [0.4, 0.5) is 0 Å². The Morgan fingerprint density at radius 1 is 1.44 bits per heavy atom. The molecule has 1 fully saturated rings. The number of fused-ring (bicyclic) bond motifs is 2. The van der Waals surface area contributed by atoms with Gasteiger partial charge >= 0.3 is 0 Å². The molecule has 0 saturated carbocycles. The predicted octanol–water partition coefficient (Wildman–Crippen LogP) is 2.98. The fourth-order valence-electron chi connectivity index (χ4n) is 2.87. The van der Waals surface area contributed by atoms with Crippen LogP contribution in [0.1, 0.15) is 24.8 Å². The Kier molecular flexibility index (Phi) is 2.49. The SMILES string of the molecule is CN1C2C=C(c3cccnc3Cl)CC1CC2. The van der Waals surface area contributed by atoms with E-state index in [4.69, 9.17) is 11.6 Å². The van der Waals surface area contributed by atoms with Crippen molar-refractivity contribution in [2.45, 2.75) is 31.3 Å². The lowest BCUT2D eigenvalue weighted by Crippen LogP contribution is -2.34. The predicted molar refractivity (Wildman–Crippen MR) is 66.4 cm³/mol. The maximum absolute atomic E-state index is 6.14. The van der Waals surface area contributed by atoms with Gasteiger partial charge in [0.1, 0.15) is 5.15 Å². The van der Waals surface area contributed by atoms with Gasteiger partial charge in [0.05, 0.1) is 0 Å². The van der Waals surface area contributed by atoms with Crippen molar-refractivity contribution in [2.75, 3.05) is 7.05 Å². The molecule has 2 bridgehead atoms. The number of halogens is 1. The second-order valence-electron chi connectivity index (χ2n) is 4.70. The second kappa shape index (κ2) is 3.86. The van der Waals surface area contributed by atoms with E-state index in [1.807, 2.05) is 6.07 Å². The normalized spacial score (nSPS) is 29.2. The molecule has 2 aliphatic rings. The van der Waals surface area contributed by atoms with Crippen LogP contribution in [-0.2, 0) is 0 Å². The molecule has 2 atom stereocenters. The Balaban J connectivity index is 1.98. The van der Waals surface area contributed by atoms with E-state index in [0.717, 1.165) is 12.0 Å². The number of nitrogens with zero attached hydrogens (tertiary/aromatic N) is 2. The molecule has 3 heterocycles. The minimum atomic E-state index is 0.602. The molecular formula is C13H15ClN2. The summed E-state index contributed by atoms with van der Waals surface area (Å²) in [5, 5.41) is 0.637. The number of likely N-dealkylation sites (N-methyl/N-ethyl adjacent to an activating group) is 1. The van der Waals surface area contributed by atoms with Crippen LogP contribution in [0.5, 0.6) is 0 Å². The molecule has 2 unspecified atom stereocenters. The zero-order valence-corrected chi connectivity index (χ0v) is 10.1.